The van der Waals surface area contributed by atoms with Gasteiger partial charge in [-0.3, -0.25) is 4.57 Å². The molecule has 5 atom stereocenters. The van der Waals surface area contributed by atoms with Gasteiger partial charge in [-0.05, 0) is 6.42 Å². The number of aromatic nitrogens is 2. The first-order chi connectivity index (χ1) is 12.4. The van der Waals surface area contributed by atoms with Gasteiger partial charge in [-0.15, -0.1) is 0 Å². The van der Waals surface area contributed by atoms with Crippen LogP contribution in [0.4, 0.5) is 10.6 Å². The third kappa shape index (κ3) is 3.35. The van der Waals surface area contributed by atoms with Crippen molar-refractivity contribution in [3.05, 3.63) is 22.7 Å². The standard InChI is InChI=1S/C15H19N3O8/c1-3-7(2)13(20)26-17-9-4-5-18(14(21)16-9)12-11-10(8(6-19)23-12)24-15(22)25-11/h4-5,7-8,10-12,19H,3,6H2,1-2H3,(H,16,17,21)/t7-,8-,10-,11-,12-/m1/s1. The minimum absolute atomic E-state index is 0.0378. The molecule has 2 aliphatic rings. The van der Waals surface area contributed by atoms with Crippen molar-refractivity contribution in [3.63, 3.8) is 0 Å². The molecule has 26 heavy (non-hydrogen) atoms. The topological polar surface area (TPSA) is 138 Å². The zero-order chi connectivity index (χ0) is 18.8. The van der Waals surface area contributed by atoms with E-state index < -0.39 is 49.0 Å². The van der Waals surface area contributed by atoms with Crippen LogP contribution in [0.3, 0.4) is 0 Å². The lowest BCUT2D eigenvalue weighted by atomic mass is 10.1. The first kappa shape index (κ1) is 18.1. The van der Waals surface area contributed by atoms with Gasteiger partial charge in [-0.2, -0.15) is 4.98 Å². The average Bonchev–Trinajstić information content (AvgIpc) is 3.16. The molecule has 3 rings (SSSR count). The molecule has 2 saturated heterocycles. The quantitative estimate of drug-likeness (QED) is 0.518. The zero-order valence-electron chi connectivity index (χ0n) is 14.2. The number of aliphatic hydroxyl groups excluding tert-OH is 1. The Morgan fingerprint density at radius 3 is 2.81 bits per heavy atom. The summed E-state index contributed by atoms with van der Waals surface area (Å²) in [5.41, 5.74) is 1.60. The van der Waals surface area contributed by atoms with Gasteiger partial charge < -0.3 is 24.2 Å². The molecular formula is C15H19N3O8. The fourth-order valence-electron chi connectivity index (χ4n) is 2.63. The Kier molecular flexibility index (Phi) is 5.09. The van der Waals surface area contributed by atoms with Gasteiger partial charge in [0.15, 0.2) is 24.3 Å². The number of carbonyl (C=O) groups excluding carboxylic acids is 2. The first-order valence-electron chi connectivity index (χ1n) is 8.14. The molecule has 142 valence electrons. The number of fused-ring (bicyclic) bond motifs is 1. The van der Waals surface area contributed by atoms with Crippen LogP contribution in [0.2, 0.25) is 0 Å². The van der Waals surface area contributed by atoms with Crippen molar-refractivity contribution in [2.45, 2.75) is 44.8 Å². The largest absolute Gasteiger partial charge is 0.509 e. The highest BCUT2D eigenvalue weighted by Crippen LogP contribution is 2.36. The van der Waals surface area contributed by atoms with Crippen LogP contribution in [0.5, 0.6) is 0 Å². The van der Waals surface area contributed by atoms with Crippen LogP contribution < -0.4 is 11.2 Å². The maximum absolute atomic E-state index is 12.3. The lowest BCUT2D eigenvalue weighted by Crippen LogP contribution is -2.34. The molecule has 0 aliphatic carbocycles. The summed E-state index contributed by atoms with van der Waals surface area (Å²) >= 11 is 0. The van der Waals surface area contributed by atoms with E-state index in [0.717, 1.165) is 4.57 Å². The molecule has 0 spiro atoms. The fraction of sp³-hybridized carbons (Fsp3) is 0.600. The molecular weight excluding hydrogens is 350 g/mol. The van der Waals surface area contributed by atoms with Gasteiger partial charge in [0, 0.05) is 12.3 Å². The van der Waals surface area contributed by atoms with Gasteiger partial charge in [0.05, 0.1) is 12.5 Å². The van der Waals surface area contributed by atoms with Crippen LogP contribution in [0.15, 0.2) is 17.1 Å². The summed E-state index contributed by atoms with van der Waals surface area (Å²) in [7, 11) is 0. The van der Waals surface area contributed by atoms with Crippen LogP contribution in [-0.2, 0) is 23.8 Å². The van der Waals surface area contributed by atoms with Crippen molar-refractivity contribution >= 4 is 17.9 Å². The van der Waals surface area contributed by atoms with Gasteiger partial charge >= 0.3 is 17.8 Å². The molecule has 2 N–H and O–H groups in total. The van der Waals surface area contributed by atoms with E-state index in [2.05, 4.69) is 10.5 Å². The second kappa shape index (κ2) is 7.30. The monoisotopic (exact) mass is 369 g/mol. The fourth-order valence-corrected chi connectivity index (χ4v) is 2.63. The molecule has 1 aromatic heterocycles. The normalized spacial score (nSPS) is 28.0. The Balaban J connectivity index is 1.73. The highest BCUT2D eigenvalue weighted by atomic mass is 16.8. The Labute approximate surface area is 147 Å². The number of nitrogens with one attached hydrogen (secondary N) is 1. The summed E-state index contributed by atoms with van der Waals surface area (Å²) in [4.78, 5) is 43.8. The number of hydrogen-bond donors (Lipinski definition) is 2. The third-order valence-electron chi connectivity index (χ3n) is 4.31. The molecule has 2 fully saturated rings. The minimum Gasteiger partial charge on any atom is -0.424 e. The number of nitrogens with zero attached hydrogens (tertiary/aromatic N) is 2. The second-order valence-corrected chi connectivity index (χ2v) is 6.00. The molecule has 11 heteroatoms. The maximum atomic E-state index is 12.3. The van der Waals surface area contributed by atoms with Crippen LogP contribution in [-0.4, -0.2) is 51.7 Å². The van der Waals surface area contributed by atoms with Crippen LogP contribution in [0, 0.1) is 5.92 Å². The van der Waals surface area contributed by atoms with E-state index >= 15 is 0 Å². The molecule has 2 aliphatic heterocycles. The lowest BCUT2D eigenvalue weighted by Gasteiger charge is -2.18. The van der Waals surface area contributed by atoms with E-state index in [-0.39, 0.29) is 11.7 Å². The van der Waals surface area contributed by atoms with E-state index in [1.807, 2.05) is 6.92 Å². The van der Waals surface area contributed by atoms with Crippen molar-refractivity contribution in [2.24, 2.45) is 5.92 Å². The number of aliphatic hydroxyl groups is 1. The Morgan fingerprint density at radius 2 is 2.15 bits per heavy atom. The summed E-state index contributed by atoms with van der Waals surface area (Å²) in [6.07, 6.45) is -2.40. The summed E-state index contributed by atoms with van der Waals surface area (Å²) in [6, 6.07) is 1.40. The van der Waals surface area contributed by atoms with Crippen molar-refractivity contribution in [1.29, 1.82) is 0 Å². The van der Waals surface area contributed by atoms with Crippen molar-refractivity contribution in [2.75, 3.05) is 12.1 Å². The summed E-state index contributed by atoms with van der Waals surface area (Å²) in [5, 5.41) is 9.33. The molecule has 0 radical (unpaired) electrons. The van der Waals surface area contributed by atoms with Crippen molar-refractivity contribution in [1.82, 2.24) is 9.55 Å². The van der Waals surface area contributed by atoms with Crippen LogP contribution in [0.25, 0.3) is 0 Å². The highest BCUT2D eigenvalue weighted by molar-refractivity contribution is 5.72. The van der Waals surface area contributed by atoms with Gasteiger partial charge in [-0.1, -0.05) is 13.8 Å². The first-order valence-corrected chi connectivity index (χ1v) is 8.14. The molecule has 0 bridgehead atoms. The van der Waals surface area contributed by atoms with E-state index in [0.29, 0.717) is 6.42 Å². The Morgan fingerprint density at radius 1 is 1.42 bits per heavy atom. The van der Waals surface area contributed by atoms with E-state index in [9.17, 15) is 19.5 Å². The number of carbonyl (C=O) groups is 2. The van der Waals surface area contributed by atoms with Gasteiger partial charge in [0.25, 0.3) is 0 Å². The predicted molar refractivity (Wildman–Crippen MR) is 83.8 cm³/mol. The van der Waals surface area contributed by atoms with Gasteiger partial charge in [-0.25, -0.2) is 19.9 Å². The second-order valence-electron chi connectivity index (χ2n) is 6.00. The minimum atomic E-state index is -0.986. The SMILES string of the molecule is CC[C@@H](C)C(=O)ONc1ccn([C@@H]2O[C@H](CO)[C@H]3OC(=O)O[C@H]32)c(=O)n1. The number of hydrogen-bond acceptors (Lipinski definition) is 10. The average molecular weight is 369 g/mol. The van der Waals surface area contributed by atoms with Crippen LogP contribution >= 0.6 is 0 Å². The molecule has 11 nitrogen and oxygen atoms in total. The summed E-state index contributed by atoms with van der Waals surface area (Å²) in [6.45, 7) is 3.16. The number of anilines is 1. The van der Waals surface area contributed by atoms with E-state index in [4.69, 9.17) is 19.0 Å². The van der Waals surface area contributed by atoms with E-state index in [1.54, 1.807) is 6.92 Å². The zero-order valence-corrected chi connectivity index (χ0v) is 14.2. The molecule has 3 heterocycles. The van der Waals surface area contributed by atoms with Crippen molar-refractivity contribution < 1.29 is 33.7 Å². The summed E-state index contributed by atoms with van der Waals surface area (Å²) in [5.74, 6) is -0.726. The Hall–Kier alpha value is -2.66. The van der Waals surface area contributed by atoms with E-state index in [1.165, 1.54) is 12.3 Å². The molecule has 0 saturated carbocycles. The molecule has 0 amide bonds. The number of ether oxygens (including phenoxy) is 3. The predicted octanol–water partition coefficient (Wildman–Crippen LogP) is -0.0468. The molecule has 0 unspecified atom stereocenters. The summed E-state index contributed by atoms with van der Waals surface area (Å²) < 4.78 is 16.6. The Bertz CT molecular complexity index is 751. The lowest BCUT2D eigenvalue weighted by molar-refractivity contribution is -0.145. The molecule has 0 aromatic carbocycles. The molecule has 1 aromatic rings. The highest BCUT2D eigenvalue weighted by Gasteiger charge is 2.55. The van der Waals surface area contributed by atoms with Crippen molar-refractivity contribution in [3.8, 4) is 0 Å². The smallest absolute Gasteiger partial charge is 0.424 e. The third-order valence-corrected chi connectivity index (χ3v) is 4.31. The van der Waals surface area contributed by atoms with Gasteiger partial charge in [0.1, 0.15) is 6.10 Å². The number of rotatable bonds is 6. The van der Waals surface area contributed by atoms with Crippen LogP contribution in [0.1, 0.15) is 26.5 Å². The maximum Gasteiger partial charge on any atom is 0.509 e. The van der Waals surface area contributed by atoms with Gasteiger partial charge in [0.2, 0.25) is 0 Å².